The first-order valence-electron chi connectivity index (χ1n) is 9.88. The summed E-state index contributed by atoms with van der Waals surface area (Å²) < 4.78 is 5.37. The number of aryl methyl sites for hydroxylation is 4. The molecule has 3 aromatic rings. The van der Waals surface area contributed by atoms with Crippen molar-refractivity contribution < 1.29 is 9.21 Å². The molecule has 0 bridgehead atoms. The Bertz CT molecular complexity index is 1090. The maximum absolute atomic E-state index is 12.6. The number of carbonyl (C=O) groups is 1. The van der Waals surface area contributed by atoms with Crippen LogP contribution in [0.25, 0.3) is 11.0 Å². The fourth-order valence-electron chi connectivity index (χ4n) is 3.77. The van der Waals surface area contributed by atoms with Crippen LogP contribution in [0.4, 0.5) is 5.69 Å². The minimum absolute atomic E-state index is 0.0805. The van der Waals surface area contributed by atoms with Gasteiger partial charge in [-0.1, -0.05) is 36.8 Å². The Kier molecular flexibility index (Phi) is 6.18. The molecule has 1 aromatic heterocycles. The standard InChI is InChI=1S/C24H28N2O3/c1-6-18-7-8-20-19(12-23(28)29-21(20)11-18)13-26(5)14-22(27)25-24-16(3)9-15(2)10-17(24)4/h7-12H,6,13-14H2,1-5H3,(H,25,27). The number of likely N-dealkylation sites (N-methyl/N-ethyl adjacent to an activating group) is 1. The minimum atomic E-state index is -0.371. The van der Waals surface area contributed by atoms with Crippen LogP contribution in [0.3, 0.4) is 0 Å². The lowest BCUT2D eigenvalue weighted by Crippen LogP contribution is -2.30. The third-order valence-electron chi connectivity index (χ3n) is 5.10. The van der Waals surface area contributed by atoms with Gasteiger partial charge in [-0.15, -0.1) is 0 Å². The summed E-state index contributed by atoms with van der Waals surface area (Å²) in [4.78, 5) is 26.5. The summed E-state index contributed by atoms with van der Waals surface area (Å²) in [6, 6.07) is 11.6. The van der Waals surface area contributed by atoms with E-state index in [9.17, 15) is 9.59 Å². The molecule has 0 fully saturated rings. The summed E-state index contributed by atoms with van der Waals surface area (Å²) in [7, 11) is 1.87. The second kappa shape index (κ2) is 8.62. The average Bonchev–Trinajstić information content (AvgIpc) is 2.63. The number of amides is 1. The Morgan fingerprint density at radius 3 is 2.41 bits per heavy atom. The minimum Gasteiger partial charge on any atom is -0.423 e. The third kappa shape index (κ3) is 4.93. The Morgan fingerprint density at radius 1 is 1.07 bits per heavy atom. The van der Waals surface area contributed by atoms with E-state index in [0.29, 0.717) is 12.1 Å². The van der Waals surface area contributed by atoms with E-state index in [0.717, 1.165) is 39.7 Å². The molecular weight excluding hydrogens is 364 g/mol. The molecule has 0 aliphatic heterocycles. The second-order valence-electron chi connectivity index (χ2n) is 7.77. The van der Waals surface area contributed by atoms with E-state index in [4.69, 9.17) is 4.42 Å². The summed E-state index contributed by atoms with van der Waals surface area (Å²) in [6.07, 6.45) is 0.877. The molecule has 152 valence electrons. The summed E-state index contributed by atoms with van der Waals surface area (Å²) in [5.41, 5.74) is 6.35. The van der Waals surface area contributed by atoms with Crippen LogP contribution in [0.15, 0.2) is 45.6 Å². The monoisotopic (exact) mass is 392 g/mol. The second-order valence-corrected chi connectivity index (χ2v) is 7.77. The van der Waals surface area contributed by atoms with Gasteiger partial charge >= 0.3 is 5.63 Å². The van der Waals surface area contributed by atoms with Gasteiger partial charge in [0, 0.05) is 23.7 Å². The van der Waals surface area contributed by atoms with Crippen LogP contribution in [0.1, 0.15) is 34.7 Å². The van der Waals surface area contributed by atoms with Gasteiger partial charge in [-0.3, -0.25) is 9.69 Å². The van der Waals surface area contributed by atoms with Gasteiger partial charge in [-0.05, 0) is 62.6 Å². The van der Waals surface area contributed by atoms with Gasteiger partial charge in [0.05, 0.1) is 6.54 Å². The zero-order valence-electron chi connectivity index (χ0n) is 17.8. The zero-order valence-corrected chi connectivity index (χ0v) is 17.8. The molecule has 29 heavy (non-hydrogen) atoms. The molecule has 1 heterocycles. The van der Waals surface area contributed by atoms with Gasteiger partial charge in [0.15, 0.2) is 0 Å². The largest absolute Gasteiger partial charge is 0.423 e. The molecular formula is C24H28N2O3. The highest BCUT2D eigenvalue weighted by Gasteiger charge is 2.13. The first-order chi connectivity index (χ1) is 13.8. The molecule has 2 aromatic carbocycles. The number of fused-ring (bicyclic) bond motifs is 1. The van der Waals surface area contributed by atoms with Crippen molar-refractivity contribution in [2.75, 3.05) is 18.9 Å². The fraction of sp³-hybridized carbons (Fsp3) is 0.333. The van der Waals surface area contributed by atoms with Crippen molar-refractivity contribution in [3.8, 4) is 0 Å². The molecule has 0 aliphatic rings. The van der Waals surface area contributed by atoms with Crippen molar-refractivity contribution in [2.45, 2.75) is 40.7 Å². The Hall–Kier alpha value is -2.92. The highest BCUT2D eigenvalue weighted by Crippen LogP contribution is 2.22. The first-order valence-corrected chi connectivity index (χ1v) is 9.88. The van der Waals surface area contributed by atoms with E-state index in [1.54, 1.807) is 0 Å². The van der Waals surface area contributed by atoms with Crippen LogP contribution in [-0.2, 0) is 17.8 Å². The van der Waals surface area contributed by atoms with Crippen molar-refractivity contribution in [2.24, 2.45) is 0 Å². The van der Waals surface area contributed by atoms with Crippen molar-refractivity contribution in [3.63, 3.8) is 0 Å². The van der Waals surface area contributed by atoms with Gasteiger partial charge in [0.25, 0.3) is 0 Å². The molecule has 1 N–H and O–H groups in total. The quantitative estimate of drug-likeness (QED) is 0.634. The Morgan fingerprint density at radius 2 is 1.76 bits per heavy atom. The van der Waals surface area contributed by atoms with Crippen LogP contribution in [0.5, 0.6) is 0 Å². The molecule has 0 atom stereocenters. The smallest absolute Gasteiger partial charge is 0.336 e. The van der Waals surface area contributed by atoms with Crippen molar-refractivity contribution in [1.29, 1.82) is 0 Å². The molecule has 0 radical (unpaired) electrons. The molecule has 0 spiro atoms. The number of hydrogen-bond acceptors (Lipinski definition) is 4. The highest BCUT2D eigenvalue weighted by atomic mass is 16.4. The topological polar surface area (TPSA) is 62.6 Å². The number of carbonyl (C=O) groups excluding carboxylic acids is 1. The maximum atomic E-state index is 12.6. The van der Waals surface area contributed by atoms with Crippen LogP contribution >= 0.6 is 0 Å². The summed E-state index contributed by atoms with van der Waals surface area (Å²) >= 11 is 0. The van der Waals surface area contributed by atoms with E-state index in [1.165, 1.54) is 11.6 Å². The van der Waals surface area contributed by atoms with E-state index < -0.39 is 0 Å². The molecule has 1 amide bonds. The number of benzene rings is 2. The number of nitrogens with one attached hydrogen (secondary N) is 1. The molecule has 5 heteroatoms. The van der Waals surface area contributed by atoms with Gasteiger partial charge < -0.3 is 9.73 Å². The maximum Gasteiger partial charge on any atom is 0.336 e. The summed E-state index contributed by atoms with van der Waals surface area (Å²) in [5.74, 6) is -0.0805. The third-order valence-corrected chi connectivity index (χ3v) is 5.10. The Labute approximate surface area is 171 Å². The predicted octanol–water partition coefficient (Wildman–Crippen LogP) is 4.35. The number of anilines is 1. The lowest BCUT2D eigenvalue weighted by atomic mass is 10.0. The Balaban J connectivity index is 1.75. The van der Waals surface area contributed by atoms with Gasteiger partial charge in [-0.25, -0.2) is 4.79 Å². The van der Waals surface area contributed by atoms with Crippen molar-refractivity contribution >= 4 is 22.6 Å². The predicted molar refractivity (Wildman–Crippen MR) is 117 cm³/mol. The van der Waals surface area contributed by atoms with Crippen LogP contribution in [-0.4, -0.2) is 24.4 Å². The zero-order chi connectivity index (χ0) is 21.1. The van der Waals surface area contributed by atoms with Gasteiger partial charge in [0.2, 0.25) is 5.91 Å². The number of nitrogens with zero attached hydrogens (tertiary/aromatic N) is 1. The summed E-state index contributed by atoms with van der Waals surface area (Å²) in [6.45, 7) is 8.81. The van der Waals surface area contributed by atoms with Crippen molar-refractivity contribution in [3.05, 3.63) is 74.6 Å². The average molecular weight is 392 g/mol. The van der Waals surface area contributed by atoms with Crippen LogP contribution in [0, 0.1) is 20.8 Å². The highest BCUT2D eigenvalue weighted by molar-refractivity contribution is 5.93. The lowest BCUT2D eigenvalue weighted by Gasteiger charge is -2.19. The van der Waals surface area contributed by atoms with Crippen LogP contribution in [0.2, 0.25) is 0 Å². The normalized spacial score (nSPS) is 11.2. The molecule has 0 unspecified atom stereocenters. The van der Waals surface area contributed by atoms with E-state index in [1.807, 2.05) is 50.9 Å². The van der Waals surface area contributed by atoms with Crippen LogP contribution < -0.4 is 10.9 Å². The van der Waals surface area contributed by atoms with Crippen molar-refractivity contribution in [1.82, 2.24) is 4.90 Å². The van der Waals surface area contributed by atoms with Gasteiger partial charge in [-0.2, -0.15) is 0 Å². The molecule has 0 saturated heterocycles. The number of rotatable bonds is 6. The SMILES string of the molecule is CCc1ccc2c(CN(C)CC(=O)Nc3c(C)cc(C)cc3C)cc(=O)oc2c1. The summed E-state index contributed by atoms with van der Waals surface area (Å²) in [5, 5.41) is 3.93. The number of hydrogen-bond donors (Lipinski definition) is 1. The van der Waals surface area contributed by atoms with Gasteiger partial charge in [0.1, 0.15) is 5.58 Å². The van der Waals surface area contributed by atoms with E-state index in [2.05, 4.69) is 24.4 Å². The molecule has 3 rings (SSSR count). The van der Waals surface area contributed by atoms with E-state index in [-0.39, 0.29) is 18.1 Å². The first kappa shape index (κ1) is 20.8. The molecule has 0 saturated carbocycles. The lowest BCUT2D eigenvalue weighted by molar-refractivity contribution is -0.117. The molecule has 5 nitrogen and oxygen atoms in total. The van der Waals surface area contributed by atoms with E-state index >= 15 is 0 Å². The fourth-order valence-corrected chi connectivity index (χ4v) is 3.77. The molecule has 0 aliphatic carbocycles.